The number of hydrogen-bond acceptors (Lipinski definition) is 0. The molecule has 0 nitrogen and oxygen atoms in total. The van der Waals surface area contributed by atoms with Gasteiger partial charge >= 0.3 is 0 Å². The summed E-state index contributed by atoms with van der Waals surface area (Å²) in [7, 11) is 0. The number of hydrogen-bond donors (Lipinski definition) is 0. The second-order valence-corrected chi connectivity index (χ2v) is 3.25. The molecule has 0 heteroatoms. The van der Waals surface area contributed by atoms with Gasteiger partial charge in [0.1, 0.15) is 0 Å². The van der Waals surface area contributed by atoms with E-state index < -0.39 is 0 Å². The van der Waals surface area contributed by atoms with E-state index in [1.165, 1.54) is 25.7 Å². The molecule has 0 bridgehead atoms. The lowest BCUT2D eigenvalue weighted by atomic mass is 10.1. The fourth-order valence-electron chi connectivity index (χ4n) is 1.09. The van der Waals surface area contributed by atoms with E-state index in [9.17, 15) is 0 Å². The molecular weight excluding hydrogens is 168 g/mol. The molecule has 0 aromatic carbocycles. The summed E-state index contributed by atoms with van der Waals surface area (Å²) in [6.45, 7) is 7.10. The molecule has 0 spiro atoms. The first-order chi connectivity index (χ1) is 6.91. The van der Waals surface area contributed by atoms with Crippen LogP contribution in [0.1, 0.15) is 38.5 Å². The summed E-state index contributed by atoms with van der Waals surface area (Å²) in [5.74, 6) is 0. The zero-order valence-electron chi connectivity index (χ0n) is 9.12. The maximum Gasteiger partial charge on any atom is -0.0316 e. The lowest BCUT2D eigenvalue weighted by Crippen LogP contribution is -1.71. The van der Waals surface area contributed by atoms with Crippen LogP contribution in [0.4, 0.5) is 0 Å². The van der Waals surface area contributed by atoms with E-state index in [2.05, 4.69) is 37.5 Å². The van der Waals surface area contributed by atoms with Crippen molar-refractivity contribution in [2.75, 3.05) is 0 Å². The van der Waals surface area contributed by atoms with E-state index in [4.69, 9.17) is 0 Å². The Labute approximate surface area is 88.7 Å². The lowest BCUT2D eigenvalue weighted by molar-refractivity contribution is 0.962. The van der Waals surface area contributed by atoms with E-state index in [0.29, 0.717) is 0 Å². The van der Waals surface area contributed by atoms with Crippen LogP contribution in [0.25, 0.3) is 0 Å². The van der Waals surface area contributed by atoms with Gasteiger partial charge in [-0.15, -0.1) is 13.2 Å². The highest BCUT2D eigenvalue weighted by atomic mass is 13.9. The molecule has 14 heavy (non-hydrogen) atoms. The molecule has 0 radical (unpaired) electrons. The molecular formula is C14H22. The Bertz CT molecular complexity index is 150. The first kappa shape index (κ1) is 13.0. The van der Waals surface area contributed by atoms with Gasteiger partial charge in [0.15, 0.2) is 0 Å². The van der Waals surface area contributed by atoms with Crippen molar-refractivity contribution in [3.05, 3.63) is 49.6 Å². The third kappa shape index (κ3) is 11.0. The van der Waals surface area contributed by atoms with E-state index in [0.717, 1.165) is 12.8 Å². The smallest absolute Gasteiger partial charge is 0.0316 e. The zero-order valence-corrected chi connectivity index (χ0v) is 9.12. The van der Waals surface area contributed by atoms with Crippen molar-refractivity contribution < 1.29 is 0 Å². The maximum absolute atomic E-state index is 3.55. The summed E-state index contributed by atoms with van der Waals surface area (Å²) in [5, 5.41) is 0. The normalized spacial score (nSPS) is 14.6. The summed E-state index contributed by atoms with van der Waals surface area (Å²) in [6, 6.07) is 0. The number of allylic oxidation sites excluding steroid dienone is 6. The molecule has 0 heterocycles. The van der Waals surface area contributed by atoms with Crippen molar-refractivity contribution in [2.24, 2.45) is 0 Å². The van der Waals surface area contributed by atoms with Gasteiger partial charge in [-0.1, -0.05) is 36.5 Å². The molecule has 0 aromatic heterocycles. The lowest BCUT2D eigenvalue weighted by Gasteiger charge is -1.92. The molecule has 1 aliphatic carbocycles. The van der Waals surface area contributed by atoms with Gasteiger partial charge in [0.25, 0.3) is 0 Å². The maximum atomic E-state index is 3.55. The molecule has 0 aliphatic heterocycles. The van der Waals surface area contributed by atoms with Crippen molar-refractivity contribution in [3.8, 4) is 0 Å². The van der Waals surface area contributed by atoms with Crippen molar-refractivity contribution in [1.29, 1.82) is 0 Å². The Morgan fingerprint density at radius 1 is 0.714 bits per heavy atom. The van der Waals surface area contributed by atoms with Crippen molar-refractivity contribution >= 4 is 0 Å². The topological polar surface area (TPSA) is 0 Å². The van der Waals surface area contributed by atoms with Crippen LogP contribution in [0.15, 0.2) is 49.6 Å². The summed E-state index contributed by atoms with van der Waals surface area (Å²) < 4.78 is 0. The van der Waals surface area contributed by atoms with Crippen LogP contribution in [-0.4, -0.2) is 0 Å². The van der Waals surface area contributed by atoms with Gasteiger partial charge in [0, 0.05) is 0 Å². The minimum atomic E-state index is 1.06. The van der Waals surface area contributed by atoms with Gasteiger partial charge in [-0.05, 0) is 38.5 Å². The van der Waals surface area contributed by atoms with Gasteiger partial charge in [-0.25, -0.2) is 0 Å². The average Bonchev–Trinajstić information content (AvgIpc) is 2.14. The summed E-state index contributed by atoms with van der Waals surface area (Å²) in [4.78, 5) is 0. The van der Waals surface area contributed by atoms with Gasteiger partial charge < -0.3 is 0 Å². The Balaban J connectivity index is 0.000000255. The second-order valence-electron chi connectivity index (χ2n) is 3.25. The third-order valence-electron chi connectivity index (χ3n) is 1.91. The molecule has 0 fully saturated rings. The van der Waals surface area contributed by atoms with Crippen LogP contribution < -0.4 is 0 Å². The highest BCUT2D eigenvalue weighted by Crippen LogP contribution is 2.02. The zero-order chi connectivity index (χ0) is 10.5. The van der Waals surface area contributed by atoms with Crippen molar-refractivity contribution in [2.45, 2.75) is 38.5 Å². The van der Waals surface area contributed by atoms with E-state index in [-0.39, 0.29) is 0 Å². The molecule has 0 saturated carbocycles. The minimum absolute atomic E-state index is 1.06. The second kappa shape index (κ2) is 12.0. The first-order valence-electron chi connectivity index (χ1n) is 5.43. The number of rotatable bonds is 3. The van der Waals surface area contributed by atoms with E-state index in [1.54, 1.807) is 0 Å². The fourth-order valence-corrected chi connectivity index (χ4v) is 1.09. The Morgan fingerprint density at radius 2 is 1.00 bits per heavy atom. The molecule has 0 saturated heterocycles. The molecule has 1 rings (SSSR count). The quantitative estimate of drug-likeness (QED) is 0.442. The average molecular weight is 190 g/mol. The van der Waals surface area contributed by atoms with Crippen molar-refractivity contribution in [3.63, 3.8) is 0 Å². The molecule has 1 aliphatic rings. The molecule has 0 aromatic rings. The van der Waals surface area contributed by atoms with Crippen LogP contribution >= 0.6 is 0 Å². The Hall–Kier alpha value is -1.04. The monoisotopic (exact) mass is 190 g/mol. The van der Waals surface area contributed by atoms with Gasteiger partial charge in [-0.2, -0.15) is 0 Å². The highest BCUT2D eigenvalue weighted by Gasteiger charge is 1.81. The molecule has 78 valence electrons. The molecule has 0 unspecified atom stereocenters. The predicted molar refractivity (Wildman–Crippen MR) is 66.4 cm³/mol. The summed E-state index contributed by atoms with van der Waals surface area (Å²) >= 11 is 0. The van der Waals surface area contributed by atoms with Crippen LogP contribution in [-0.2, 0) is 0 Å². The summed E-state index contributed by atoms with van der Waals surface area (Å²) in [6.07, 6.45) is 19.9. The van der Waals surface area contributed by atoms with Crippen LogP contribution in [0, 0.1) is 0 Å². The van der Waals surface area contributed by atoms with E-state index >= 15 is 0 Å². The van der Waals surface area contributed by atoms with Gasteiger partial charge in [-0.3, -0.25) is 0 Å². The molecule has 0 atom stereocenters. The number of unbranched alkanes of at least 4 members (excludes halogenated alkanes) is 1. The minimum Gasteiger partial charge on any atom is -0.103 e. The highest BCUT2D eigenvalue weighted by molar-refractivity contribution is 4.93. The van der Waals surface area contributed by atoms with E-state index in [1.807, 2.05) is 12.2 Å². The third-order valence-corrected chi connectivity index (χ3v) is 1.91. The fraction of sp³-hybridized carbons (Fsp3) is 0.429. The SMILES string of the molecule is C1=CCCC=CCC1.C=CCCC=C. The first-order valence-corrected chi connectivity index (χ1v) is 5.43. The van der Waals surface area contributed by atoms with Crippen LogP contribution in [0.5, 0.6) is 0 Å². The Kier molecular flexibility index (Phi) is 11.1. The van der Waals surface area contributed by atoms with Gasteiger partial charge in [0.2, 0.25) is 0 Å². The molecule has 0 amide bonds. The van der Waals surface area contributed by atoms with Gasteiger partial charge in [0.05, 0.1) is 0 Å². The van der Waals surface area contributed by atoms with Crippen LogP contribution in [0.3, 0.4) is 0 Å². The molecule has 0 N–H and O–H groups in total. The van der Waals surface area contributed by atoms with Crippen molar-refractivity contribution in [1.82, 2.24) is 0 Å². The predicted octanol–water partition coefficient (Wildman–Crippen LogP) is 4.81. The Morgan fingerprint density at radius 3 is 1.21 bits per heavy atom. The summed E-state index contributed by atoms with van der Waals surface area (Å²) in [5.41, 5.74) is 0. The standard InChI is InChI=1S/C8H12.C6H10/c1-2-4-6-8-7-5-3-1;1-3-5-6-4-2/h1-2,7-8H,3-6H2;3-4H,1-2,5-6H2. The van der Waals surface area contributed by atoms with Crippen LogP contribution in [0.2, 0.25) is 0 Å². The largest absolute Gasteiger partial charge is 0.103 e.